The van der Waals surface area contributed by atoms with Crippen molar-refractivity contribution in [3.8, 4) is 0 Å². The topological polar surface area (TPSA) is 17.1 Å². The molecule has 2 aliphatic rings. The lowest BCUT2D eigenvalue weighted by Crippen LogP contribution is -2.26. The Balaban J connectivity index is 1.67. The van der Waals surface area contributed by atoms with Crippen molar-refractivity contribution in [1.82, 2.24) is 0 Å². The standard InChI is InChI=1S/C18H30O/c1-2-3-4-15-5-9-17(10-6-15)18-11-7-16(8-12-18)13-14-19/h2,14-18H,1,3-13H2. The summed E-state index contributed by atoms with van der Waals surface area (Å²) in [6, 6.07) is 0. The van der Waals surface area contributed by atoms with E-state index in [1.54, 1.807) is 0 Å². The van der Waals surface area contributed by atoms with Gasteiger partial charge in [0.15, 0.2) is 0 Å². The van der Waals surface area contributed by atoms with E-state index in [4.69, 9.17) is 0 Å². The van der Waals surface area contributed by atoms with E-state index in [0.29, 0.717) is 5.92 Å². The molecule has 0 amide bonds. The number of carbonyl (C=O) groups excluding carboxylic acids is 1. The Kier molecular flexibility index (Phi) is 6.13. The molecular weight excluding hydrogens is 232 g/mol. The lowest BCUT2D eigenvalue weighted by Gasteiger charge is -2.37. The first-order valence-corrected chi connectivity index (χ1v) is 8.38. The van der Waals surface area contributed by atoms with Crippen LogP contribution in [0.5, 0.6) is 0 Å². The smallest absolute Gasteiger partial charge is 0.120 e. The molecule has 1 heteroatoms. The van der Waals surface area contributed by atoms with Gasteiger partial charge in [0.2, 0.25) is 0 Å². The second-order valence-corrected chi connectivity index (χ2v) is 6.83. The fourth-order valence-electron chi connectivity index (χ4n) is 4.33. The van der Waals surface area contributed by atoms with Crippen LogP contribution in [0.15, 0.2) is 12.7 Å². The third-order valence-corrected chi connectivity index (χ3v) is 5.66. The van der Waals surface area contributed by atoms with Gasteiger partial charge in [0.1, 0.15) is 6.29 Å². The van der Waals surface area contributed by atoms with Crippen molar-refractivity contribution in [2.45, 2.75) is 70.6 Å². The third kappa shape index (κ3) is 4.47. The highest BCUT2D eigenvalue weighted by molar-refractivity contribution is 5.49. The summed E-state index contributed by atoms with van der Waals surface area (Å²) < 4.78 is 0. The maximum Gasteiger partial charge on any atom is 0.120 e. The molecule has 0 atom stereocenters. The summed E-state index contributed by atoms with van der Waals surface area (Å²) in [4.78, 5) is 10.6. The summed E-state index contributed by atoms with van der Waals surface area (Å²) in [7, 11) is 0. The Morgan fingerprint density at radius 1 is 0.842 bits per heavy atom. The zero-order valence-corrected chi connectivity index (χ0v) is 12.4. The Morgan fingerprint density at radius 2 is 1.37 bits per heavy atom. The van der Waals surface area contributed by atoms with Crippen molar-refractivity contribution in [2.75, 3.05) is 0 Å². The van der Waals surface area contributed by atoms with Gasteiger partial charge in [-0.2, -0.15) is 0 Å². The van der Waals surface area contributed by atoms with Gasteiger partial charge in [0.25, 0.3) is 0 Å². The molecule has 0 heterocycles. The number of allylic oxidation sites excluding steroid dienone is 1. The molecule has 108 valence electrons. The van der Waals surface area contributed by atoms with Gasteiger partial charge in [-0.3, -0.25) is 0 Å². The van der Waals surface area contributed by atoms with Crippen LogP contribution in [0.2, 0.25) is 0 Å². The van der Waals surface area contributed by atoms with Crippen molar-refractivity contribution < 1.29 is 4.79 Å². The lowest BCUT2D eigenvalue weighted by molar-refractivity contribution is -0.108. The molecule has 0 N–H and O–H groups in total. The summed E-state index contributed by atoms with van der Waals surface area (Å²) in [6.07, 6.45) is 17.8. The van der Waals surface area contributed by atoms with E-state index in [0.717, 1.165) is 30.5 Å². The number of hydrogen-bond donors (Lipinski definition) is 0. The molecule has 0 aliphatic heterocycles. The van der Waals surface area contributed by atoms with Crippen LogP contribution in [0.1, 0.15) is 70.6 Å². The van der Waals surface area contributed by atoms with E-state index in [1.165, 1.54) is 64.2 Å². The molecule has 0 bridgehead atoms. The normalized spacial score (nSPS) is 35.8. The first kappa shape index (κ1) is 14.8. The van der Waals surface area contributed by atoms with Gasteiger partial charge in [-0.15, -0.1) is 6.58 Å². The summed E-state index contributed by atoms with van der Waals surface area (Å²) in [5.41, 5.74) is 0. The molecule has 2 fully saturated rings. The van der Waals surface area contributed by atoms with Crippen LogP contribution in [0.25, 0.3) is 0 Å². The van der Waals surface area contributed by atoms with Gasteiger partial charge in [0.05, 0.1) is 0 Å². The molecule has 0 aromatic heterocycles. The Morgan fingerprint density at radius 3 is 1.84 bits per heavy atom. The maximum absolute atomic E-state index is 10.6. The molecule has 2 rings (SSSR count). The average molecular weight is 262 g/mol. The van der Waals surface area contributed by atoms with Crippen molar-refractivity contribution in [3.05, 3.63) is 12.7 Å². The predicted octanol–water partition coefficient (Wildman–Crippen LogP) is 5.15. The fraction of sp³-hybridized carbons (Fsp3) is 0.833. The SMILES string of the molecule is C=CCCC1CCC(C2CCC(CC=O)CC2)CC1. The van der Waals surface area contributed by atoms with E-state index in [9.17, 15) is 4.79 Å². The second-order valence-electron chi connectivity index (χ2n) is 6.83. The number of rotatable bonds is 6. The molecule has 0 saturated heterocycles. The second kappa shape index (κ2) is 7.87. The summed E-state index contributed by atoms with van der Waals surface area (Å²) >= 11 is 0. The molecule has 0 spiro atoms. The lowest BCUT2D eigenvalue weighted by atomic mass is 9.68. The Labute approximate surface area is 118 Å². The van der Waals surface area contributed by atoms with Crippen LogP contribution in [0, 0.1) is 23.7 Å². The van der Waals surface area contributed by atoms with E-state index in [1.807, 2.05) is 0 Å². The fourth-order valence-corrected chi connectivity index (χ4v) is 4.33. The van der Waals surface area contributed by atoms with Crippen LogP contribution in [-0.4, -0.2) is 6.29 Å². The van der Waals surface area contributed by atoms with Crippen LogP contribution in [0.4, 0.5) is 0 Å². The minimum atomic E-state index is 0.706. The van der Waals surface area contributed by atoms with Crippen LogP contribution >= 0.6 is 0 Å². The summed E-state index contributed by atoms with van der Waals surface area (Å²) in [6.45, 7) is 3.83. The van der Waals surface area contributed by atoms with E-state index < -0.39 is 0 Å². The largest absolute Gasteiger partial charge is 0.303 e. The molecular formula is C18H30O. The minimum Gasteiger partial charge on any atom is -0.303 e. The van der Waals surface area contributed by atoms with Gasteiger partial charge in [-0.1, -0.05) is 18.9 Å². The average Bonchev–Trinajstić information content (AvgIpc) is 2.47. The summed E-state index contributed by atoms with van der Waals surface area (Å²) in [5, 5.41) is 0. The van der Waals surface area contributed by atoms with Crippen LogP contribution in [-0.2, 0) is 4.79 Å². The van der Waals surface area contributed by atoms with Gasteiger partial charge in [0, 0.05) is 6.42 Å². The van der Waals surface area contributed by atoms with Gasteiger partial charge in [-0.25, -0.2) is 0 Å². The first-order valence-electron chi connectivity index (χ1n) is 8.38. The van der Waals surface area contributed by atoms with Crippen LogP contribution in [0.3, 0.4) is 0 Å². The molecule has 19 heavy (non-hydrogen) atoms. The molecule has 2 aliphatic carbocycles. The van der Waals surface area contributed by atoms with Crippen molar-refractivity contribution >= 4 is 6.29 Å². The number of carbonyl (C=O) groups is 1. The molecule has 0 aromatic rings. The zero-order valence-electron chi connectivity index (χ0n) is 12.4. The van der Waals surface area contributed by atoms with Crippen molar-refractivity contribution in [1.29, 1.82) is 0 Å². The van der Waals surface area contributed by atoms with E-state index >= 15 is 0 Å². The van der Waals surface area contributed by atoms with E-state index in [-0.39, 0.29) is 0 Å². The van der Waals surface area contributed by atoms with Gasteiger partial charge < -0.3 is 4.79 Å². The zero-order chi connectivity index (χ0) is 13.5. The van der Waals surface area contributed by atoms with E-state index in [2.05, 4.69) is 12.7 Å². The van der Waals surface area contributed by atoms with Gasteiger partial charge >= 0.3 is 0 Å². The predicted molar refractivity (Wildman–Crippen MR) is 81.0 cm³/mol. The highest BCUT2D eigenvalue weighted by Gasteiger charge is 2.30. The molecule has 1 nitrogen and oxygen atoms in total. The monoisotopic (exact) mass is 262 g/mol. The summed E-state index contributed by atoms with van der Waals surface area (Å²) in [5.74, 6) is 3.65. The molecule has 0 aromatic carbocycles. The highest BCUT2D eigenvalue weighted by Crippen LogP contribution is 2.42. The quantitative estimate of drug-likeness (QED) is 0.477. The Hall–Kier alpha value is -0.590. The van der Waals surface area contributed by atoms with Crippen molar-refractivity contribution in [3.63, 3.8) is 0 Å². The Bertz CT molecular complexity index is 267. The molecule has 0 unspecified atom stereocenters. The van der Waals surface area contributed by atoms with Gasteiger partial charge in [-0.05, 0) is 75.0 Å². The number of aldehydes is 1. The minimum absolute atomic E-state index is 0.706. The third-order valence-electron chi connectivity index (χ3n) is 5.66. The highest BCUT2D eigenvalue weighted by atomic mass is 16.1. The van der Waals surface area contributed by atoms with Crippen LogP contribution < -0.4 is 0 Å². The van der Waals surface area contributed by atoms with Crippen molar-refractivity contribution in [2.24, 2.45) is 23.7 Å². The molecule has 0 radical (unpaired) electrons. The first-order chi connectivity index (χ1) is 9.33. The molecule has 2 saturated carbocycles. The maximum atomic E-state index is 10.6. The number of hydrogen-bond acceptors (Lipinski definition) is 1.